The fraction of sp³-hybridized carbons (Fsp3) is 0.727. The van der Waals surface area contributed by atoms with E-state index in [-0.39, 0.29) is 22.7 Å². The van der Waals surface area contributed by atoms with E-state index in [1.807, 2.05) is 0 Å². The maximum absolute atomic E-state index is 12.0. The first-order valence-electron chi connectivity index (χ1n) is 9.62. The van der Waals surface area contributed by atoms with E-state index in [0.717, 1.165) is 37.9 Å². The lowest BCUT2D eigenvalue weighted by Crippen LogP contribution is -2.63. The van der Waals surface area contributed by atoms with Crippen LogP contribution in [-0.2, 0) is 4.74 Å². The van der Waals surface area contributed by atoms with Crippen LogP contribution in [0, 0.1) is 35.0 Å². The van der Waals surface area contributed by atoms with Crippen LogP contribution in [0.25, 0.3) is 0 Å². The van der Waals surface area contributed by atoms with Gasteiger partial charge in [0, 0.05) is 17.3 Å². The molecule has 0 spiro atoms. The number of fused-ring (bicyclic) bond motifs is 5. The van der Waals surface area contributed by atoms with Gasteiger partial charge in [-0.25, -0.2) is 0 Å². The minimum absolute atomic E-state index is 0.167. The second kappa shape index (κ2) is 5.15. The van der Waals surface area contributed by atoms with Crippen LogP contribution in [0.15, 0.2) is 23.5 Å². The van der Waals surface area contributed by atoms with Gasteiger partial charge >= 0.3 is 0 Å². The van der Waals surface area contributed by atoms with Gasteiger partial charge in [0.2, 0.25) is 0 Å². The molecule has 4 rings (SSSR count). The van der Waals surface area contributed by atoms with Crippen LogP contribution < -0.4 is 0 Å². The van der Waals surface area contributed by atoms with E-state index in [2.05, 4.69) is 31.9 Å². The standard InChI is InChI=1S/C22H30O3/c1-5-21(23)11-9-17-18-7-6-15-14-16(25-4)8-10-19(15,2)22(18,24)13-12-20(17,21)3/h1,6,14,17-18,23-24H,7-13H2,2-4H3/t17-,18-,19-,20-,21-,22+/m0/s1. The van der Waals surface area contributed by atoms with Crippen molar-refractivity contribution < 1.29 is 14.9 Å². The summed E-state index contributed by atoms with van der Waals surface area (Å²) in [6.45, 7) is 4.37. The van der Waals surface area contributed by atoms with Crippen LogP contribution in [0.1, 0.15) is 58.8 Å². The molecule has 2 N–H and O–H groups in total. The summed E-state index contributed by atoms with van der Waals surface area (Å²) in [6.07, 6.45) is 15.9. The van der Waals surface area contributed by atoms with Gasteiger partial charge in [0.25, 0.3) is 0 Å². The van der Waals surface area contributed by atoms with Gasteiger partial charge in [0.1, 0.15) is 5.60 Å². The molecule has 4 aliphatic carbocycles. The van der Waals surface area contributed by atoms with Crippen LogP contribution >= 0.6 is 0 Å². The first kappa shape index (κ1) is 17.2. The average molecular weight is 342 g/mol. The molecule has 6 atom stereocenters. The van der Waals surface area contributed by atoms with Crippen LogP contribution in [0.2, 0.25) is 0 Å². The van der Waals surface area contributed by atoms with Gasteiger partial charge in [-0.05, 0) is 62.0 Å². The molecule has 2 saturated carbocycles. The van der Waals surface area contributed by atoms with Crippen molar-refractivity contribution in [3.63, 3.8) is 0 Å². The Kier molecular flexibility index (Phi) is 3.54. The molecule has 0 aliphatic heterocycles. The highest BCUT2D eigenvalue weighted by Crippen LogP contribution is 2.68. The van der Waals surface area contributed by atoms with E-state index in [1.165, 1.54) is 5.57 Å². The zero-order valence-electron chi connectivity index (χ0n) is 15.6. The minimum Gasteiger partial charge on any atom is -0.501 e. The van der Waals surface area contributed by atoms with Crippen LogP contribution in [0.4, 0.5) is 0 Å². The Bertz CT molecular complexity index is 701. The maximum Gasteiger partial charge on any atom is 0.130 e. The Hall–Kier alpha value is -1.24. The molecule has 136 valence electrons. The van der Waals surface area contributed by atoms with Crippen molar-refractivity contribution in [1.29, 1.82) is 0 Å². The highest BCUT2D eigenvalue weighted by Gasteiger charge is 2.68. The number of hydrogen-bond acceptors (Lipinski definition) is 3. The third-order valence-corrected chi connectivity index (χ3v) is 8.58. The second-order valence-corrected chi connectivity index (χ2v) is 9.14. The first-order chi connectivity index (χ1) is 11.7. The third-order valence-electron chi connectivity index (χ3n) is 8.58. The van der Waals surface area contributed by atoms with Crippen LogP contribution in [0.3, 0.4) is 0 Å². The monoisotopic (exact) mass is 342 g/mol. The summed E-state index contributed by atoms with van der Waals surface area (Å²) in [5.41, 5.74) is -1.06. The first-order valence-corrected chi connectivity index (χ1v) is 9.62. The van der Waals surface area contributed by atoms with Crippen LogP contribution in [0.5, 0.6) is 0 Å². The molecule has 0 amide bonds. The van der Waals surface area contributed by atoms with Crippen molar-refractivity contribution in [3.05, 3.63) is 23.5 Å². The van der Waals surface area contributed by atoms with Gasteiger partial charge in [0.15, 0.2) is 0 Å². The number of methoxy groups -OCH3 is 1. The van der Waals surface area contributed by atoms with Gasteiger partial charge < -0.3 is 14.9 Å². The number of hydrogen-bond donors (Lipinski definition) is 2. The Morgan fingerprint density at radius 3 is 2.60 bits per heavy atom. The molecule has 0 aromatic heterocycles. The summed E-state index contributed by atoms with van der Waals surface area (Å²) in [6, 6.07) is 0. The van der Waals surface area contributed by atoms with E-state index in [0.29, 0.717) is 12.8 Å². The van der Waals surface area contributed by atoms with Gasteiger partial charge in [-0.2, -0.15) is 0 Å². The molecule has 0 bridgehead atoms. The smallest absolute Gasteiger partial charge is 0.130 e. The second-order valence-electron chi connectivity index (χ2n) is 9.14. The highest BCUT2D eigenvalue weighted by molar-refractivity contribution is 5.40. The number of allylic oxidation sites excluding steroid dienone is 3. The summed E-state index contributed by atoms with van der Waals surface area (Å²) in [7, 11) is 1.72. The Morgan fingerprint density at radius 2 is 1.92 bits per heavy atom. The lowest BCUT2D eigenvalue weighted by molar-refractivity contribution is -0.193. The fourth-order valence-corrected chi connectivity index (χ4v) is 6.65. The average Bonchev–Trinajstić information content (AvgIpc) is 2.87. The summed E-state index contributed by atoms with van der Waals surface area (Å²) in [5.74, 6) is 4.15. The number of ether oxygens (including phenoxy) is 1. The van der Waals surface area contributed by atoms with Gasteiger partial charge in [0.05, 0.1) is 18.5 Å². The minimum atomic E-state index is -1.03. The van der Waals surface area contributed by atoms with Crippen molar-refractivity contribution in [2.24, 2.45) is 22.7 Å². The zero-order chi connectivity index (χ0) is 18.1. The number of terminal acetylenes is 1. The molecule has 4 aliphatic rings. The predicted octanol–water partition coefficient (Wildman–Crippen LogP) is 3.57. The molecule has 0 saturated heterocycles. The molecule has 2 fully saturated rings. The van der Waals surface area contributed by atoms with Crippen molar-refractivity contribution in [2.75, 3.05) is 7.11 Å². The van der Waals surface area contributed by atoms with E-state index < -0.39 is 11.2 Å². The molecular weight excluding hydrogens is 312 g/mol. The molecule has 0 unspecified atom stereocenters. The Balaban J connectivity index is 1.77. The van der Waals surface area contributed by atoms with Crippen LogP contribution in [-0.4, -0.2) is 28.5 Å². The Morgan fingerprint density at radius 1 is 1.16 bits per heavy atom. The molecule has 0 aromatic rings. The zero-order valence-corrected chi connectivity index (χ0v) is 15.6. The van der Waals surface area contributed by atoms with E-state index in [9.17, 15) is 10.2 Å². The fourth-order valence-electron chi connectivity index (χ4n) is 6.65. The molecular formula is C22H30O3. The Labute approximate surface area is 151 Å². The predicted molar refractivity (Wildman–Crippen MR) is 97.4 cm³/mol. The molecule has 0 heterocycles. The van der Waals surface area contributed by atoms with E-state index in [4.69, 9.17) is 11.2 Å². The van der Waals surface area contributed by atoms with Gasteiger partial charge in [-0.3, -0.25) is 0 Å². The normalized spacial score (nSPS) is 51.4. The lowest BCUT2D eigenvalue weighted by Gasteiger charge is -2.62. The molecule has 0 radical (unpaired) electrons. The van der Waals surface area contributed by atoms with Crippen molar-refractivity contribution in [3.8, 4) is 12.3 Å². The van der Waals surface area contributed by atoms with Gasteiger partial charge in [-0.15, -0.1) is 6.42 Å². The van der Waals surface area contributed by atoms with Crippen molar-refractivity contribution in [1.82, 2.24) is 0 Å². The maximum atomic E-state index is 12.0. The van der Waals surface area contributed by atoms with E-state index >= 15 is 0 Å². The largest absolute Gasteiger partial charge is 0.501 e. The highest BCUT2D eigenvalue weighted by atomic mass is 16.5. The topological polar surface area (TPSA) is 49.7 Å². The lowest BCUT2D eigenvalue weighted by atomic mass is 9.45. The molecule has 3 nitrogen and oxygen atoms in total. The van der Waals surface area contributed by atoms with Crippen molar-refractivity contribution in [2.45, 2.75) is 70.0 Å². The van der Waals surface area contributed by atoms with Gasteiger partial charge in [-0.1, -0.05) is 25.8 Å². The number of aliphatic hydroxyl groups is 2. The summed E-state index contributed by atoms with van der Waals surface area (Å²) >= 11 is 0. The summed E-state index contributed by atoms with van der Waals surface area (Å²) in [5, 5.41) is 23.0. The molecule has 0 aromatic carbocycles. The molecule has 25 heavy (non-hydrogen) atoms. The SMILES string of the molecule is C#C[C@]1(O)CC[C@H]2[C@@H]3CC=C4C=C(OC)CC[C@]4(C)[C@@]3(O)CC[C@@]21C. The quantitative estimate of drug-likeness (QED) is 0.716. The summed E-state index contributed by atoms with van der Waals surface area (Å²) in [4.78, 5) is 0. The third kappa shape index (κ3) is 1.90. The van der Waals surface area contributed by atoms with E-state index in [1.54, 1.807) is 7.11 Å². The number of rotatable bonds is 1. The van der Waals surface area contributed by atoms with Crippen molar-refractivity contribution >= 4 is 0 Å². The molecule has 3 heteroatoms. The summed E-state index contributed by atoms with van der Waals surface area (Å²) < 4.78 is 5.46.